The predicted molar refractivity (Wildman–Crippen MR) is 138 cm³/mol. The Morgan fingerprint density at radius 3 is 2.51 bits per heavy atom. The van der Waals surface area contributed by atoms with Crippen LogP contribution in [0.5, 0.6) is 5.75 Å². The van der Waals surface area contributed by atoms with Crippen molar-refractivity contribution in [1.29, 1.82) is 0 Å². The summed E-state index contributed by atoms with van der Waals surface area (Å²) in [5, 5.41) is 22.2. The molecule has 0 spiro atoms. The Hall–Kier alpha value is -2.23. The van der Waals surface area contributed by atoms with E-state index in [2.05, 4.69) is 19.5 Å². The summed E-state index contributed by atoms with van der Waals surface area (Å²) in [4.78, 5) is 13.6. The fourth-order valence-electron chi connectivity index (χ4n) is 3.48. The largest absolute Gasteiger partial charge is 1.00 e. The van der Waals surface area contributed by atoms with E-state index in [0.717, 1.165) is 12.3 Å². The van der Waals surface area contributed by atoms with Crippen LogP contribution in [0, 0.1) is 5.41 Å². The molecule has 0 radical (unpaired) electrons. The Morgan fingerprint density at radius 2 is 1.92 bits per heavy atom. The third kappa shape index (κ3) is 6.62. The van der Waals surface area contributed by atoms with Gasteiger partial charge in [-0.15, -0.1) is 15.7 Å². The van der Waals surface area contributed by atoms with E-state index in [1.54, 1.807) is 17.5 Å². The van der Waals surface area contributed by atoms with Crippen molar-refractivity contribution in [3.05, 3.63) is 51.6 Å². The Labute approximate surface area is 241 Å². The topological polar surface area (TPSA) is 163 Å². The van der Waals surface area contributed by atoms with E-state index < -0.39 is 42.8 Å². The van der Waals surface area contributed by atoms with Crippen LogP contribution in [-0.4, -0.2) is 38.7 Å². The molecule has 0 amide bonds. The van der Waals surface area contributed by atoms with Gasteiger partial charge in [-0.2, -0.15) is 13.5 Å². The number of rotatable bonds is 6. The van der Waals surface area contributed by atoms with Crippen molar-refractivity contribution in [3.8, 4) is 16.3 Å². The van der Waals surface area contributed by atoms with Gasteiger partial charge < -0.3 is 10.4 Å². The van der Waals surface area contributed by atoms with Gasteiger partial charge in [0.2, 0.25) is 10.0 Å². The minimum atomic E-state index is -4.38. The first kappa shape index (κ1) is 29.3. The second-order valence-corrected chi connectivity index (χ2v) is 13.8. The summed E-state index contributed by atoms with van der Waals surface area (Å²) >= 11 is 1.27. The third-order valence-electron chi connectivity index (χ3n) is 5.20. The molecule has 3 aromatic rings. The molecule has 0 unspecified atom stereocenters. The average molecular weight is 574 g/mol. The van der Waals surface area contributed by atoms with Crippen LogP contribution in [0.25, 0.3) is 10.6 Å². The van der Waals surface area contributed by atoms with Gasteiger partial charge in [0.25, 0.3) is 15.6 Å². The first-order valence-electron chi connectivity index (χ1n) is 10.7. The maximum Gasteiger partial charge on any atom is 1.00 e. The van der Waals surface area contributed by atoms with Crippen LogP contribution in [0.1, 0.15) is 32.8 Å². The maximum atomic E-state index is 13.4. The normalized spacial score (nSPS) is 14.6. The molecule has 0 saturated heterocycles. The number of nitrogens with one attached hydrogen (secondary N) is 2. The van der Waals surface area contributed by atoms with E-state index in [0.29, 0.717) is 11.3 Å². The Bertz CT molecular complexity index is 1640. The van der Waals surface area contributed by atoms with Crippen molar-refractivity contribution in [3.63, 3.8) is 0 Å². The van der Waals surface area contributed by atoms with Crippen molar-refractivity contribution in [2.45, 2.75) is 38.6 Å². The maximum absolute atomic E-state index is 13.4. The first-order valence-corrected chi connectivity index (χ1v) is 15.0. The van der Waals surface area contributed by atoms with E-state index >= 15 is 0 Å². The van der Waals surface area contributed by atoms with Crippen LogP contribution in [0.3, 0.4) is 0 Å². The minimum absolute atomic E-state index is 0. The second kappa shape index (κ2) is 10.5. The van der Waals surface area contributed by atoms with Crippen molar-refractivity contribution >= 4 is 48.6 Å². The molecule has 1 aromatic carbocycles. The van der Waals surface area contributed by atoms with Gasteiger partial charge in [0.1, 0.15) is 4.90 Å². The van der Waals surface area contributed by atoms with Gasteiger partial charge in [0, 0.05) is 12.2 Å². The molecule has 2 N–H and O–H groups in total. The van der Waals surface area contributed by atoms with Gasteiger partial charge in [0.05, 0.1) is 28.1 Å². The van der Waals surface area contributed by atoms with Crippen molar-refractivity contribution in [1.82, 2.24) is 9.78 Å². The molecule has 1 aliphatic rings. The molecule has 0 atom stereocenters. The monoisotopic (exact) mass is 573 g/mol. The molecule has 0 aliphatic carbocycles. The molecule has 2 aromatic heterocycles. The van der Waals surface area contributed by atoms with Crippen molar-refractivity contribution in [2.24, 2.45) is 9.81 Å². The molecule has 0 fully saturated rings. The van der Waals surface area contributed by atoms with Crippen LogP contribution in [0.15, 0.2) is 49.8 Å². The number of anilines is 2. The number of benzene rings is 1. The zero-order valence-corrected chi connectivity index (χ0v) is 25.3. The minimum Gasteiger partial charge on any atom is -0.870 e. The summed E-state index contributed by atoms with van der Waals surface area (Å²) in [6, 6.07) is 7.23. The number of amidine groups is 1. The smallest absolute Gasteiger partial charge is 0.870 e. The van der Waals surface area contributed by atoms with E-state index in [9.17, 15) is 26.7 Å². The fraction of sp³-hybridized carbons (Fsp3) is 0.318. The van der Waals surface area contributed by atoms with Crippen molar-refractivity contribution < 1.29 is 51.5 Å². The van der Waals surface area contributed by atoms with E-state index in [-0.39, 0.29) is 63.5 Å². The summed E-state index contributed by atoms with van der Waals surface area (Å²) in [5.74, 6) is -1.15. The number of thiophene rings is 1. The van der Waals surface area contributed by atoms with Crippen LogP contribution in [0.4, 0.5) is 11.4 Å². The number of aromatic nitrogens is 2. The van der Waals surface area contributed by atoms with Gasteiger partial charge in [-0.3, -0.25) is 9.52 Å². The van der Waals surface area contributed by atoms with E-state index in [4.69, 9.17) is 0 Å². The molecule has 4 rings (SSSR count). The summed E-state index contributed by atoms with van der Waals surface area (Å²) < 4.78 is 56.2. The molecule has 15 heteroatoms. The van der Waals surface area contributed by atoms with Gasteiger partial charge in [0.15, 0.2) is 5.84 Å². The number of sulfonamides is 2. The van der Waals surface area contributed by atoms with Gasteiger partial charge in [-0.25, -0.2) is 13.1 Å². The first-order chi connectivity index (χ1) is 16.6. The molecule has 37 heavy (non-hydrogen) atoms. The summed E-state index contributed by atoms with van der Waals surface area (Å²) in [6.07, 6.45) is 1.52. The molecule has 11 nitrogen and oxygen atoms in total. The number of hydrogen-bond donors (Lipinski definition) is 2. The summed E-state index contributed by atoms with van der Waals surface area (Å²) in [7, 11) is -8.03. The van der Waals surface area contributed by atoms with E-state index in [1.807, 2.05) is 20.8 Å². The molecule has 0 bridgehead atoms. The third-order valence-corrected chi connectivity index (χ3v) is 8.00. The summed E-state index contributed by atoms with van der Waals surface area (Å²) in [6.45, 7) is 6.23. The van der Waals surface area contributed by atoms with Crippen LogP contribution in [0.2, 0.25) is 0 Å². The summed E-state index contributed by atoms with van der Waals surface area (Å²) in [5.41, 5.74) is -1.22. The van der Waals surface area contributed by atoms with Crippen molar-refractivity contribution in [2.75, 3.05) is 16.3 Å². The SMILES string of the molecule is CC(C)(C)CCn1nc(-c2cccs2)c([O-])c(C2=NS(=O)(=O)c3cc(NS(C)(=O)=O)ccc3N2)c1=O.[Na+]. The predicted octanol–water partition coefficient (Wildman–Crippen LogP) is -0.582. The Balaban J connectivity index is 0.00000380. The zero-order chi connectivity index (χ0) is 26.5. The average Bonchev–Trinajstić information content (AvgIpc) is 3.26. The molecule has 1 aliphatic heterocycles. The molecule has 0 saturated carbocycles. The molecule has 192 valence electrons. The number of aryl methyl sites for hydroxylation is 1. The van der Waals surface area contributed by atoms with Crippen LogP contribution >= 0.6 is 11.3 Å². The number of nitrogens with zero attached hydrogens (tertiary/aromatic N) is 3. The zero-order valence-electron chi connectivity index (χ0n) is 20.9. The molecular weight excluding hydrogens is 549 g/mol. The van der Waals surface area contributed by atoms with Gasteiger partial charge >= 0.3 is 29.6 Å². The van der Waals surface area contributed by atoms with Crippen LogP contribution < -0.4 is 50.3 Å². The second-order valence-electron chi connectivity index (χ2n) is 9.49. The number of hydrogen-bond acceptors (Lipinski definition) is 9. The van der Waals surface area contributed by atoms with E-state index in [1.165, 1.54) is 28.2 Å². The molecular formula is C22H24N5NaO6S3. The fourth-order valence-corrected chi connectivity index (χ4v) is 5.89. The van der Waals surface area contributed by atoms with Crippen LogP contribution in [-0.2, 0) is 26.6 Å². The quantitative estimate of drug-likeness (QED) is 0.370. The number of fused-ring (bicyclic) bond motifs is 1. The van der Waals surface area contributed by atoms with Gasteiger partial charge in [-0.05, 0) is 41.5 Å². The molecule has 3 heterocycles. The Kier molecular flexibility index (Phi) is 8.32. The Morgan fingerprint density at radius 1 is 1.22 bits per heavy atom. The standard InChI is InChI=1S/C22H25N5O6S3.Na/c1-22(2,3)9-10-27-21(29)17(19(28)18(24-27)15-6-5-11-34-15)20-23-14-8-7-13(25-35(4,30)31)12-16(14)36(32,33)26-20;/h5-8,11-12,25,28H,9-10H2,1-4H3,(H,23,26);/q;+1/p-1. The van der Waals surface area contributed by atoms with Gasteiger partial charge in [-0.1, -0.05) is 32.6 Å².